The van der Waals surface area contributed by atoms with E-state index >= 15 is 0 Å². The van der Waals surface area contributed by atoms with Crippen LogP contribution >= 0.6 is 11.6 Å². The molecule has 1 aromatic carbocycles. The molecule has 1 heterocycles. The summed E-state index contributed by atoms with van der Waals surface area (Å²) in [4.78, 5) is 26.0. The molecule has 2 fully saturated rings. The zero-order valence-corrected chi connectivity index (χ0v) is 14.7. The number of nitrogens with one attached hydrogen (secondary N) is 2. The molecule has 1 aromatic rings. The number of alkyl halides is 3. The van der Waals surface area contributed by atoms with Crippen LogP contribution in [-0.2, 0) is 11.0 Å². The van der Waals surface area contributed by atoms with Crippen molar-refractivity contribution in [3.8, 4) is 0 Å². The van der Waals surface area contributed by atoms with Crippen LogP contribution in [0.25, 0.3) is 0 Å². The fraction of sp³-hybridized carbons (Fsp3) is 0.529. The summed E-state index contributed by atoms with van der Waals surface area (Å²) >= 11 is 5.58. The molecule has 3 rings (SSSR count). The van der Waals surface area contributed by atoms with Crippen molar-refractivity contribution >= 4 is 29.2 Å². The molecule has 3 amide bonds. The van der Waals surface area contributed by atoms with Crippen LogP contribution < -0.4 is 10.6 Å². The monoisotopic (exact) mass is 389 g/mol. The lowest BCUT2D eigenvalue weighted by Crippen LogP contribution is -2.46. The molecule has 0 radical (unpaired) electrons. The number of halogens is 4. The van der Waals surface area contributed by atoms with Crippen molar-refractivity contribution in [2.75, 3.05) is 18.4 Å². The second-order valence-electron chi connectivity index (χ2n) is 6.67. The van der Waals surface area contributed by atoms with Gasteiger partial charge < -0.3 is 15.5 Å². The van der Waals surface area contributed by atoms with E-state index in [4.69, 9.17) is 11.6 Å². The van der Waals surface area contributed by atoms with Crippen molar-refractivity contribution in [3.05, 3.63) is 28.8 Å². The summed E-state index contributed by atoms with van der Waals surface area (Å²) < 4.78 is 38.7. The lowest BCUT2D eigenvalue weighted by Gasteiger charge is -2.31. The minimum absolute atomic E-state index is 0.0561. The molecule has 0 unspecified atom stereocenters. The fourth-order valence-corrected chi connectivity index (χ4v) is 3.13. The van der Waals surface area contributed by atoms with E-state index in [2.05, 4.69) is 10.6 Å². The molecule has 1 saturated carbocycles. The first-order valence-electron chi connectivity index (χ1n) is 8.47. The molecular weight excluding hydrogens is 371 g/mol. The zero-order valence-electron chi connectivity index (χ0n) is 13.9. The largest absolute Gasteiger partial charge is 0.417 e. The lowest BCUT2D eigenvalue weighted by molar-refractivity contribution is -0.137. The summed E-state index contributed by atoms with van der Waals surface area (Å²) in [6.45, 7) is 0.899. The Balaban J connectivity index is 1.55. The number of piperidine rings is 1. The number of amides is 3. The third-order valence-electron chi connectivity index (χ3n) is 4.60. The molecule has 2 N–H and O–H groups in total. The zero-order chi connectivity index (χ0) is 18.9. The molecule has 0 spiro atoms. The number of carbonyl (C=O) groups is 2. The van der Waals surface area contributed by atoms with Gasteiger partial charge in [0.2, 0.25) is 5.91 Å². The van der Waals surface area contributed by atoms with Crippen LogP contribution in [-0.4, -0.2) is 36.0 Å². The third kappa shape index (κ3) is 4.60. The predicted molar refractivity (Wildman–Crippen MR) is 90.9 cm³/mol. The van der Waals surface area contributed by atoms with Gasteiger partial charge in [0.15, 0.2) is 0 Å². The van der Waals surface area contributed by atoms with Gasteiger partial charge in [-0.2, -0.15) is 13.2 Å². The minimum Gasteiger partial charge on any atom is -0.335 e. The minimum atomic E-state index is -4.59. The summed E-state index contributed by atoms with van der Waals surface area (Å²) in [5.41, 5.74) is -0.927. The molecule has 1 aliphatic carbocycles. The van der Waals surface area contributed by atoms with Gasteiger partial charge in [-0.3, -0.25) is 4.79 Å². The Hall–Kier alpha value is -1.96. The molecule has 9 heteroatoms. The number of anilines is 1. The van der Waals surface area contributed by atoms with Gasteiger partial charge in [0.05, 0.1) is 10.6 Å². The van der Waals surface area contributed by atoms with Crippen molar-refractivity contribution < 1.29 is 22.8 Å². The van der Waals surface area contributed by atoms with Crippen LogP contribution in [0.2, 0.25) is 5.02 Å². The van der Waals surface area contributed by atoms with Crippen molar-refractivity contribution in [2.45, 2.75) is 37.9 Å². The topological polar surface area (TPSA) is 61.4 Å². The molecule has 5 nitrogen and oxygen atoms in total. The average molecular weight is 390 g/mol. The highest BCUT2D eigenvalue weighted by atomic mass is 35.5. The molecule has 0 bridgehead atoms. The van der Waals surface area contributed by atoms with Crippen LogP contribution in [0, 0.1) is 5.92 Å². The smallest absolute Gasteiger partial charge is 0.335 e. The van der Waals surface area contributed by atoms with E-state index in [0.29, 0.717) is 25.9 Å². The highest BCUT2D eigenvalue weighted by molar-refractivity contribution is 6.31. The Kier molecular flexibility index (Phi) is 5.32. The van der Waals surface area contributed by atoms with Crippen molar-refractivity contribution in [1.82, 2.24) is 10.2 Å². The van der Waals surface area contributed by atoms with Crippen LogP contribution in [0.1, 0.15) is 31.2 Å². The Bertz CT molecular complexity index is 699. The van der Waals surface area contributed by atoms with Crippen molar-refractivity contribution in [1.29, 1.82) is 0 Å². The first kappa shape index (κ1) is 18.8. The SMILES string of the molecule is O=C(Nc1ccc(Cl)c(C(F)(F)F)c1)C1CCN(C(=O)NC2CC2)CC1. The predicted octanol–water partition coefficient (Wildman–Crippen LogP) is 3.88. The van der Waals surface area contributed by atoms with Crippen LogP contribution in [0.3, 0.4) is 0 Å². The first-order valence-corrected chi connectivity index (χ1v) is 8.85. The van der Waals surface area contributed by atoms with Gasteiger partial charge in [0, 0.05) is 30.7 Å². The second-order valence-corrected chi connectivity index (χ2v) is 7.07. The Morgan fingerprint density at radius 1 is 1.12 bits per heavy atom. The number of hydrogen-bond acceptors (Lipinski definition) is 2. The number of hydrogen-bond donors (Lipinski definition) is 2. The maximum Gasteiger partial charge on any atom is 0.417 e. The van der Waals surface area contributed by atoms with E-state index in [0.717, 1.165) is 25.0 Å². The summed E-state index contributed by atoms with van der Waals surface area (Å²) in [6, 6.07) is 3.45. The van der Waals surface area contributed by atoms with Gasteiger partial charge >= 0.3 is 12.2 Å². The Morgan fingerprint density at radius 3 is 2.35 bits per heavy atom. The number of rotatable bonds is 3. The number of nitrogens with zero attached hydrogens (tertiary/aromatic N) is 1. The molecule has 0 aromatic heterocycles. The first-order chi connectivity index (χ1) is 12.2. The molecule has 142 valence electrons. The quantitative estimate of drug-likeness (QED) is 0.824. The highest BCUT2D eigenvalue weighted by Crippen LogP contribution is 2.36. The van der Waals surface area contributed by atoms with Crippen LogP contribution in [0.15, 0.2) is 18.2 Å². The maximum absolute atomic E-state index is 12.9. The van der Waals surface area contributed by atoms with Gasteiger partial charge in [-0.15, -0.1) is 0 Å². The van der Waals surface area contributed by atoms with Crippen molar-refractivity contribution in [2.24, 2.45) is 5.92 Å². The molecule has 0 atom stereocenters. The third-order valence-corrected chi connectivity index (χ3v) is 4.93. The molecule has 1 saturated heterocycles. The number of carbonyl (C=O) groups excluding carboxylic acids is 2. The van der Waals surface area contributed by atoms with Gasteiger partial charge in [-0.05, 0) is 43.9 Å². The maximum atomic E-state index is 12.9. The summed E-state index contributed by atoms with van der Waals surface area (Å²) in [7, 11) is 0. The number of urea groups is 1. The summed E-state index contributed by atoms with van der Waals surface area (Å²) in [5, 5.41) is 5.01. The van der Waals surface area contributed by atoms with E-state index in [1.54, 1.807) is 4.90 Å². The summed E-state index contributed by atoms with van der Waals surface area (Å²) in [6.07, 6.45) is -1.62. The van der Waals surface area contributed by atoms with Crippen LogP contribution in [0.5, 0.6) is 0 Å². The summed E-state index contributed by atoms with van der Waals surface area (Å²) in [5.74, 6) is -0.687. The fourth-order valence-electron chi connectivity index (χ4n) is 2.90. The van der Waals surface area contributed by atoms with E-state index in [-0.39, 0.29) is 29.6 Å². The molecule has 2 aliphatic rings. The van der Waals surface area contributed by atoms with E-state index in [9.17, 15) is 22.8 Å². The van der Waals surface area contributed by atoms with E-state index in [1.165, 1.54) is 6.07 Å². The average Bonchev–Trinajstić information content (AvgIpc) is 3.39. The van der Waals surface area contributed by atoms with E-state index < -0.39 is 16.8 Å². The lowest BCUT2D eigenvalue weighted by atomic mass is 9.96. The molecule has 26 heavy (non-hydrogen) atoms. The Labute approximate surface area is 153 Å². The number of benzene rings is 1. The van der Waals surface area contributed by atoms with Crippen molar-refractivity contribution in [3.63, 3.8) is 0 Å². The number of likely N-dealkylation sites (tertiary alicyclic amines) is 1. The van der Waals surface area contributed by atoms with Gasteiger partial charge in [0.25, 0.3) is 0 Å². The van der Waals surface area contributed by atoms with Gasteiger partial charge in [-0.25, -0.2) is 4.79 Å². The van der Waals surface area contributed by atoms with E-state index in [1.807, 2.05) is 0 Å². The van der Waals surface area contributed by atoms with Crippen LogP contribution in [0.4, 0.5) is 23.7 Å². The molecule has 1 aliphatic heterocycles. The standard InChI is InChI=1S/C17H19ClF3N3O2/c18-14-4-3-12(9-13(14)17(19,20)21)22-15(25)10-5-7-24(8-6-10)16(26)23-11-1-2-11/h3-4,9-11H,1-2,5-8H2,(H,22,25)(H,23,26). The molecular formula is C17H19ClF3N3O2. The highest BCUT2D eigenvalue weighted by Gasteiger charge is 2.34. The Morgan fingerprint density at radius 2 is 1.77 bits per heavy atom. The van der Waals surface area contributed by atoms with Gasteiger partial charge in [0.1, 0.15) is 0 Å². The normalized spacial score (nSPS) is 18.5. The second kappa shape index (κ2) is 7.34. The van der Waals surface area contributed by atoms with Gasteiger partial charge in [-0.1, -0.05) is 11.6 Å².